The second kappa shape index (κ2) is 7.28. The minimum absolute atomic E-state index is 0.0461. The van der Waals surface area contributed by atoms with Crippen molar-refractivity contribution in [2.45, 2.75) is 51.5 Å². The fourth-order valence-electron chi connectivity index (χ4n) is 4.71. The number of amides is 1. The van der Waals surface area contributed by atoms with Gasteiger partial charge in [-0.05, 0) is 51.0 Å². The Hall–Kier alpha value is -3.45. The van der Waals surface area contributed by atoms with E-state index >= 15 is 0 Å². The van der Waals surface area contributed by atoms with Gasteiger partial charge in [-0.1, -0.05) is 30.4 Å². The van der Waals surface area contributed by atoms with E-state index in [1.807, 2.05) is 24.3 Å². The molecule has 0 aromatic heterocycles. The van der Waals surface area contributed by atoms with Gasteiger partial charge in [0.25, 0.3) is 5.43 Å². The zero-order valence-electron chi connectivity index (χ0n) is 18.9. The number of hydrogen-bond acceptors (Lipinski definition) is 6. The first-order valence-electron chi connectivity index (χ1n) is 11.0. The molecule has 5 rings (SSSR count). The van der Waals surface area contributed by atoms with Crippen LogP contribution in [0.15, 0.2) is 63.9 Å². The van der Waals surface area contributed by atoms with E-state index in [4.69, 9.17) is 9.47 Å². The van der Waals surface area contributed by atoms with Gasteiger partial charge in [-0.3, -0.25) is 14.4 Å². The molecule has 2 heterocycles. The number of rotatable bonds is 4. The van der Waals surface area contributed by atoms with E-state index in [0.29, 0.717) is 16.9 Å². The third-order valence-electron chi connectivity index (χ3n) is 6.39. The summed E-state index contributed by atoms with van der Waals surface area (Å²) in [6, 6.07) is 4.39. The van der Waals surface area contributed by atoms with E-state index in [2.05, 4.69) is 0 Å². The first-order valence-corrected chi connectivity index (χ1v) is 11.0. The van der Waals surface area contributed by atoms with Crippen LogP contribution in [0.5, 0.6) is 11.5 Å². The molecular weight excluding hydrogens is 422 g/mol. The van der Waals surface area contributed by atoms with Crippen molar-refractivity contribution >= 4 is 5.91 Å². The molecule has 0 saturated carbocycles. The minimum Gasteiger partial charge on any atom is -0.486 e. The average molecular weight is 447 g/mol. The quantitative estimate of drug-likeness (QED) is 0.725. The monoisotopic (exact) mass is 447 g/mol. The van der Waals surface area contributed by atoms with Crippen molar-refractivity contribution in [3.63, 3.8) is 0 Å². The lowest BCUT2D eigenvalue weighted by atomic mass is 9.84. The maximum absolute atomic E-state index is 13.3. The molecule has 1 amide bonds. The maximum atomic E-state index is 13.3. The lowest BCUT2D eigenvalue weighted by Gasteiger charge is -2.45. The third kappa shape index (κ3) is 3.18. The van der Waals surface area contributed by atoms with E-state index in [9.17, 15) is 19.5 Å². The molecule has 3 aliphatic rings. The van der Waals surface area contributed by atoms with Gasteiger partial charge < -0.3 is 19.5 Å². The lowest BCUT2D eigenvalue weighted by molar-refractivity contribution is -0.139. The molecule has 1 unspecified atom stereocenters. The highest BCUT2D eigenvalue weighted by Gasteiger charge is 2.49. The molecular formula is C26H25NO6. The SMILES string of the molecule is CC(C)Oc1c(-c2ccc3c(c2)[C@H](N2C=C4C=CC=CC4C2=O)[C@@H](O)C(C)(C)O3)c(=O)c1=O. The predicted octanol–water partition coefficient (Wildman–Crippen LogP) is 2.78. The van der Waals surface area contributed by atoms with Gasteiger partial charge in [-0.2, -0.15) is 0 Å². The van der Waals surface area contributed by atoms with Gasteiger partial charge in [-0.15, -0.1) is 0 Å². The molecule has 2 aliphatic heterocycles. The van der Waals surface area contributed by atoms with Crippen LogP contribution in [-0.4, -0.2) is 33.7 Å². The Morgan fingerprint density at radius 1 is 1.12 bits per heavy atom. The Bertz CT molecular complexity index is 1320. The summed E-state index contributed by atoms with van der Waals surface area (Å²) in [5, 5.41) is 11.3. The van der Waals surface area contributed by atoms with Crippen LogP contribution in [0.3, 0.4) is 0 Å². The zero-order chi connectivity index (χ0) is 23.7. The second-order valence-electron chi connectivity index (χ2n) is 9.47. The highest BCUT2D eigenvalue weighted by atomic mass is 16.5. The van der Waals surface area contributed by atoms with Crippen molar-refractivity contribution in [2.24, 2.45) is 5.92 Å². The van der Waals surface area contributed by atoms with Crippen LogP contribution in [0.4, 0.5) is 0 Å². The molecule has 3 atom stereocenters. The molecule has 7 heteroatoms. The molecule has 1 aliphatic carbocycles. The molecule has 0 spiro atoms. The standard InChI is InChI=1S/C26H25NO6/c1-13(2)32-23-19(21(28)22(23)29)14-9-10-18-17(11-14)20(24(30)26(3,4)33-18)27-12-15-7-5-6-8-16(15)25(27)31/h5-13,16,20,24,30H,1-4H3/t16?,20-,24+/m0/s1. The lowest BCUT2D eigenvalue weighted by Crippen LogP contribution is -2.53. The highest BCUT2D eigenvalue weighted by Crippen LogP contribution is 2.47. The van der Waals surface area contributed by atoms with Crippen molar-refractivity contribution in [2.75, 3.05) is 0 Å². The Balaban J connectivity index is 1.63. The summed E-state index contributed by atoms with van der Waals surface area (Å²) in [4.78, 5) is 39.3. The Kier molecular flexibility index (Phi) is 4.72. The van der Waals surface area contributed by atoms with Crippen molar-refractivity contribution in [3.8, 4) is 22.6 Å². The topological polar surface area (TPSA) is 93.1 Å². The summed E-state index contributed by atoms with van der Waals surface area (Å²) in [7, 11) is 0. The van der Waals surface area contributed by atoms with Crippen LogP contribution < -0.4 is 20.3 Å². The summed E-state index contributed by atoms with van der Waals surface area (Å²) in [6.07, 6.45) is 7.90. The molecule has 0 fully saturated rings. The van der Waals surface area contributed by atoms with Crippen molar-refractivity contribution in [3.05, 3.63) is 80.3 Å². The van der Waals surface area contributed by atoms with Crippen LogP contribution in [0.25, 0.3) is 11.1 Å². The average Bonchev–Trinajstić information content (AvgIpc) is 3.10. The molecule has 0 saturated heterocycles. The van der Waals surface area contributed by atoms with Gasteiger partial charge in [0, 0.05) is 11.8 Å². The van der Waals surface area contributed by atoms with E-state index < -0.39 is 28.6 Å². The number of fused-ring (bicyclic) bond motifs is 2. The Morgan fingerprint density at radius 3 is 2.58 bits per heavy atom. The van der Waals surface area contributed by atoms with Crippen LogP contribution in [-0.2, 0) is 4.79 Å². The summed E-state index contributed by atoms with van der Waals surface area (Å²) in [5.74, 6) is 0.0296. The number of allylic oxidation sites excluding steroid dienone is 3. The molecule has 2 aromatic rings. The largest absolute Gasteiger partial charge is 0.486 e. The molecule has 0 bridgehead atoms. The van der Waals surface area contributed by atoms with Crippen molar-refractivity contribution in [1.82, 2.24) is 4.90 Å². The molecule has 33 heavy (non-hydrogen) atoms. The fourth-order valence-corrected chi connectivity index (χ4v) is 4.71. The Morgan fingerprint density at radius 2 is 1.88 bits per heavy atom. The number of carbonyl (C=O) groups is 1. The van der Waals surface area contributed by atoms with Gasteiger partial charge in [0.1, 0.15) is 17.5 Å². The highest BCUT2D eigenvalue weighted by molar-refractivity contribution is 5.89. The number of ether oxygens (including phenoxy) is 2. The molecule has 1 N–H and O–H groups in total. The number of aliphatic hydroxyl groups excluding tert-OH is 1. The molecule has 170 valence electrons. The fraction of sp³-hybridized carbons (Fsp3) is 0.346. The van der Waals surface area contributed by atoms with Crippen molar-refractivity contribution in [1.29, 1.82) is 0 Å². The zero-order valence-corrected chi connectivity index (χ0v) is 18.9. The number of hydrogen-bond donors (Lipinski definition) is 1. The molecule has 2 aromatic carbocycles. The first kappa shape index (κ1) is 21.4. The van der Waals surface area contributed by atoms with Crippen LogP contribution >= 0.6 is 0 Å². The van der Waals surface area contributed by atoms with Gasteiger partial charge in [0.05, 0.1) is 23.6 Å². The van der Waals surface area contributed by atoms with Gasteiger partial charge >= 0.3 is 0 Å². The Labute approximate surface area is 190 Å². The van der Waals surface area contributed by atoms with E-state index in [1.165, 1.54) is 0 Å². The van der Waals surface area contributed by atoms with Gasteiger partial charge in [0.2, 0.25) is 11.3 Å². The summed E-state index contributed by atoms with van der Waals surface area (Å²) in [5.41, 5.74) is -0.0872. The first-order chi connectivity index (χ1) is 15.6. The third-order valence-corrected chi connectivity index (χ3v) is 6.39. The van der Waals surface area contributed by atoms with Gasteiger partial charge in [0.15, 0.2) is 5.75 Å². The minimum atomic E-state index is -1.03. The number of benzene rings is 1. The van der Waals surface area contributed by atoms with E-state index in [1.54, 1.807) is 57.0 Å². The van der Waals surface area contributed by atoms with E-state index in [-0.39, 0.29) is 29.2 Å². The summed E-state index contributed by atoms with van der Waals surface area (Å²) >= 11 is 0. The number of aliphatic hydroxyl groups is 1. The maximum Gasteiger partial charge on any atom is 0.268 e. The van der Waals surface area contributed by atoms with Crippen LogP contribution in [0.2, 0.25) is 0 Å². The summed E-state index contributed by atoms with van der Waals surface area (Å²) in [6.45, 7) is 7.11. The van der Waals surface area contributed by atoms with Crippen molar-refractivity contribution < 1.29 is 19.4 Å². The van der Waals surface area contributed by atoms with Crippen LogP contribution in [0, 0.1) is 5.92 Å². The van der Waals surface area contributed by atoms with E-state index in [0.717, 1.165) is 5.57 Å². The summed E-state index contributed by atoms with van der Waals surface area (Å²) < 4.78 is 11.6. The second-order valence-corrected chi connectivity index (χ2v) is 9.47. The normalized spacial score (nSPS) is 25.2. The predicted molar refractivity (Wildman–Crippen MR) is 123 cm³/mol. The number of nitrogens with zero attached hydrogens (tertiary/aromatic N) is 1. The van der Waals surface area contributed by atoms with Crippen LogP contribution in [0.1, 0.15) is 39.3 Å². The smallest absolute Gasteiger partial charge is 0.268 e. The number of carbonyl (C=O) groups excluding carboxylic acids is 1. The van der Waals surface area contributed by atoms with Gasteiger partial charge in [-0.25, -0.2) is 0 Å². The molecule has 0 radical (unpaired) electrons. The molecule has 7 nitrogen and oxygen atoms in total.